The highest BCUT2D eigenvalue weighted by Crippen LogP contribution is 2.22. The fraction of sp³-hybridized carbons (Fsp3) is 0.0714. The molecule has 0 aliphatic rings. The molecule has 0 saturated heterocycles. The van der Waals surface area contributed by atoms with Crippen molar-refractivity contribution in [3.63, 3.8) is 0 Å². The lowest BCUT2D eigenvalue weighted by Crippen LogP contribution is -2.14. The Kier molecular flexibility index (Phi) is 5.23. The topological polar surface area (TPSA) is 86.5 Å². The van der Waals surface area contributed by atoms with Gasteiger partial charge in [0.05, 0.1) is 10.5 Å². The maximum Gasteiger partial charge on any atom is 0.339 e. The van der Waals surface area contributed by atoms with Gasteiger partial charge in [0.15, 0.2) is 0 Å². The molecule has 0 unspecified atom stereocenters. The molecule has 0 saturated carbocycles. The number of primary sulfonamides is 1. The molecule has 2 N–H and O–H groups in total. The smallest absolute Gasteiger partial charge is 0.339 e. The zero-order valence-electron chi connectivity index (χ0n) is 11.1. The minimum Gasteiger partial charge on any atom is -0.457 e. The Bertz CT molecular complexity index is 823. The van der Waals surface area contributed by atoms with Crippen molar-refractivity contribution in [2.45, 2.75) is 11.5 Å². The first-order chi connectivity index (χ1) is 10.3. The molecule has 0 aromatic heterocycles. The van der Waals surface area contributed by atoms with Crippen LogP contribution in [-0.2, 0) is 21.4 Å². The second kappa shape index (κ2) is 6.78. The summed E-state index contributed by atoms with van der Waals surface area (Å²) in [4.78, 5) is 11.9. The molecular weight excluding hydrogens is 394 g/mol. The van der Waals surface area contributed by atoms with Crippen molar-refractivity contribution in [1.29, 1.82) is 0 Å². The first-order valence-electron chi connectivity index (χ1n) is 6.01. The summed E-state index contributed by atoms with van der Waals surface area (Å²) < 4.78 is 28.2. The number of nitrogens with two attached hydrogens (primary N) is 1. The summed E-state index contributed by atoms with van der Waals surface area (Å²) in [5.41, 5.74) is 0.799. The van der Waals surface area contributed by atoms with Crippen LogP contribution in [-0.4, -0.2) is 14.4 Å². The molecule has 2 rings (SSSR count). The van der Waals surface area contributed by atoms with Crippen LogP contribution >= 0.6 is 27.5 Å². The number of carbonyl (C=O) groups excluding carboxylic acids is 1. The molecule has 22 heavy (non-hydrogen) atoms. The second-order valence-corrected chi connectivity index (χ2v) is 7.24. The van der Waals surface area contributed by atoms with Gasteiger partial charge < -0.3 is 4.74 Å². The van der Waals surface area contributed by atoms with E-state index in [2.05, 4.69) is 15.9 Å². The standard InChI is InChI=1S/C14H11BrClNO4S/c15-13-5-4-11(22(17,19)20)7-12(13)14(18)21-8-9-2-1-3-10(16)6-9/h1-7H,8H2,(H2,17,19,20). The van der Waals surface area contributed by atoms with Crippen molar-refractivity contribution in [2.24, 2.45) is 5.14 Å². The molecule has 5 nitrogen and oxygen atoms in total. The number of benzene rings is 2. The maximum absolute atomic E-state index is 12.1. The van der Waals surface area contributed by atoms with Crippen molar-refractivity contribution >= 4 is 43.5 Å². The number of carbonyl (C=O) groups is 1. The van der Waals surface area contributed by atoms with Crippen molar-refractivity contribution in [3.8, 4) is 0 Å². The Balaban J connectivity index is 2.19. The Hall–Kier alpha value is -1.41. The van der Waals surface area contributed by atoms with Crippen LogP contribution in [0.4, 0.5) is 0 Å². The molecule has 0 bridgehead atoms. The molecule has 0 radical (unpaired) electrons. The Morgan fingerprint density at radius 2 is 1.95 bits per heavy atom. The fourth-order valence-corrected chi connectivity index (χ4v) is 2.85. The van der Waals surface area contributed by atoms with Gasteiger partial charge in [0, 0.05) is 9.50 Å². The highest BCUT2D eigenvalue weighted by Gasteiger charge is 2.16. The molecule has 8 heteroatoms. The first-order valence-corrected chi connectivity index (χ1v) is 8.73. The Morgan fingerprint density at radius 3 is 2.59 bits per heavy atom. The van der Waals surface area contributed by atoms with Crippen LogP contribution in [0.2, 0.25) is 5.02 Å². The van der Waals surface area contributed by atoms with Crippen molar-refractivity contribution in [1.82, 2.24) is 0 Å². The number of sulfonamides is 1. The van der Waals surface area contributed by atoms with Crippen LogP contribution in [0, 0.1) is 0 Å². The van der Waals surface area contributed by atoms with Crippen molar-refractivity contribution < 1.29 is 17.9 Å². The molecule has 0 aliphatic heterocycles. The second-order valence-electron chi connectivity index (χ2n) is 4.39. The molecule has 2 aromatic carbocycles. The number of hydrogen-bond acceptors (Lipinski definition) is 4. The SMILES string of the molecule is NS(=O)(=O)c1ccc(Br)c(C(=O)OCc2cccc(Cl)c2)c1. The average Bonchev–Trinajstić information content (AvgIpc) is 2.44. The van der Waals surface area contributed by atoms with Gasteiger partial charge in [-0.2, -0.15) is 0 Å². The van der Waals surface area contributed by atoms with E-state index in [0.717, 1.165) is 5.56 Å². The molecular formula is C14H11BrClNO4S. The van der Waals surface area contributed by atoms with Crippen LogP contribution in [0.15, 0.2) is 51.8 Å². The summed E-state index contributed by atoms with van der Waals surface area (Å²) in [5, 5.41) is 5.58. The normalized spacial score (nSPS) is 11.2. The largest absolute Gasteiger partial charge is 0.457 e. The molecule has 0 spiro atoms. The predicted molar refractivity (Wildman–Crippen MR) is 86.1 cm³/mol. The molecule has 116 valence electrons. The molecule has 0 amide bonds. The zero-order chi connectivity index (χ0) is 16.3. The lowest BCUT2D eigenvalue weighted by Gasteiger charge is -2.08. The van der Waals surface area contributed by atoms with Gasteiger partial charge >= 0.3 is 5.97 Å². The van der Waals surface area contributed by atoms with E-state index in [1.54, 1.807) is 24.3 Å². The Labute approximate surface area is 141 Å². The molecule has 0 atom stereocenters. The summed E-state index contributed by atoms with van der Waals surface area (Å²) >= 11 is 9.02. The van der Waals surface area contributed by atoms with Crippen molar-refractivity contribution in [3.05, 3.63) is 63.1 Å². The minimum atomic E-state index is -3.89. The number of esters is 1. The quantitative estimate of drug-likeness (QED) is 0.793. The molecule has 2 aromatic rings. The van der Waals surface area contributed by atoms with Gasteiger partial charge in [-0.25, -0.2) is 18.4 Å². The number of ether oxygens (including phenoxy) is 1. The zero-order valence-corrected chi connectivity index (χ0v) is 14.3. The van der Waals surface area contributed by atoms with E-state index in [4.69, 9.17) is 21.5 Å². The van der Waals surface area contributed by atoms with Crippen LogP contribution in [0.5, 0.6) is 0 Å². The van der Waals surface area contributed by atoms with Crippen LogP contribution in [0.25, 0.3) is 0 Å². The van der Waals surface area contributed by atoms with Crippen LogP contribution < -0.4 is 5.14 Å². The maximum atomic E-state index is 12.1. The van der Waals surface area contributed by atoms with E-state index in [-0.39, 0.29) is 17.1 Å². The highest BCUT2D eigenvalue weighted by molar-refractivity contribution is 9.10. The van der Waals surface area contributed by atoms with E-state index in [0.29, 0.717) is 9.50 Å². The lowest BCUT2D eigenvalue weighted by atomic mass is 10.2. The summed E-state index contributed by atoms with van der Waals surface area (Å²) in [7, 11) is -3.89. The molecule has 0 heterocycles. The van der Waals surface area contributed by atoms with Gasteiger partial charge in [0.2, 0.25) is 10.0 Å². The predicted octanol–water partition coefficient (Wildman–Crippen LogP) is 3.11. The summed E-state index contributed by atoms with van der Waals surface area (Å²) in [6.07, 6.45) is 0. The van der Waals surface area contributed by atoms with E-state index in [1.165, 1.54) is 18.2 Å². The van der Waals surface area contributed by atoms with E-state index in [1.807, 2.05) is 0 Å². The van der Waals surface area contributed by atoms with Gasteiger partial charge in [0.1, 0.15) is 6.61 Å². The lowest BCUT2D eigenvalue weighted by molar-refractivity contribution is 0.0471. The summed E-state index contributed by atoms with van der Waals surface area (Å²) in [6, 6.07) is 10.8. The third-order valence-corrected chi connectivity index (χ3v) is 4.58. The molecule has 0 aliphatic carbocycles. The van der Waals surface area contributed by atoms with Gasteiger partial charge in [-0.3, -0.25) is 0 Å². The minimum absolute atomic E-state index is 0.0193. The van der Waals surface area contributed by atoms with Gasteiger partial charge in [-0.05, 0) is 51.8 Å². The summed E-state index contributed by atoms with van der Waals surface area (Å²) in [6.45, 7) is 0.0193. The van der Waals surface area contributed by atoms with E-state index >= 15 is 0 Å². The van der Waals surface area contributed by atoms with Gasteiger partial charge in [-0.1, -0.05) is 23.7 Å². The fourth-order valence-electron chi connectivity index (χ4n) is 1.69. The number of halogens is 2. The Morgan fingerprint density at radius 1 is 1.23 bits per heavy atom. The molecule has 0 fully saturated rings. The van der Waals surface area contributed by atoms with Crippen LogP contribution in [0.3, 0.4) is 0 Å². The first kappa shape index (κ1) is 17.0. The van der Waals surface area contributed by atoms with Crippen LogP contribution in [0.1, 0.15) is 15.9 Å². The number of hydrogen-bond donors (Lipinski definition) is 1. The van der Waals surface area contributed by atoms with E-state index < -0.39 is 16.0 Å². The summed E-state index contributed by atoms with van der Waals surface area (Å²) in [5.74, 6) is -0.669. The van der Waals surface area contributed by atoms with Gasteiger partial charge in [-0.15, -0.1) is 0 Å². The highest BCUT2D eigenvalue weighted by atomic mass is 79.9. The average molecular weight is 405 g/mol. The third kappa shape index (κ3) is 4.30. The monoisotopic (exact) mass is 403 g/mol. The third-order valence-electron chi connectivity index (χ3n) is 2.75. The number of rotatable bonds is 4. The van der Waals surface area contributed by atoms with E-state index in [9.17, 15) is 13.2 Å². The van der Waals surface area contributed by atoms with Crippen molar-refractivity contribution in [2.75, 3.05) is 0 Å². The van der Waals surface area contributed by atoms with Gasteiger partial charge in [0.25, 0.3) is 0 Å².